The average Bonchev–Trinajstić information content (AvgIpc) is 2.35. The van der Waals surface area contributed by atoms with Crippen LogP contribution in [0.3, 0.4) is 0 Å². The fourth-order valence-electron chi connectivity index (χ4n) is 1.51. The molecule has 0 saturated carbocycles. The highest BCUT2D eigenvalue weighted by molar-refractivity contribution is 7.89. The first kappa shape index (κ1) is 15.9. The molecule has 1 aromatic rings. The van der Waals surface area contributed by atoms with E-state index in [4.69, 9.17) is 0 Å². The highest BCUT2D eigenvalue weighted by atomic mass is 32.2. The maximum absolute atomic E-state index is 11.9. The molecule has 6 heteroatoms. The molecule has 0 aromatic heterocycles. The molecule has 3 N–H and O–H groups in total. The maximum atomic E-state index is 11.9. The van der Waals surface area contributed by atoms with Gasteiger partial charge in [0.1, 0.15) is 0 Å². The quantitative estimate of drug-likeness (QED) is 0.711. The van der Waals surface area contributed by atoms with E-state index in [1.807, 2.05) is 6.92 Å². The van der Waals surface area contributed by atoms with E-state index in [0.717, 1.165) is 5.69 Å². The zero-order chi connectivity index (χ0) is 14.5. The van der Waals surface area contributed by atoms with Crippen LogP contribution in [-0.4, -0.2) is 32.2 Å². The molecule has 0 spiro atoms. The van der Waals surface area contributed by atoms with Crippen molar-refractivity contribution in [3.8, 4) is 0 Å². The van der Waals surface area contributed by atoms with E-state index >= 15 is 0 Å². The molecule has 0 radical (unpaired) electrons. The van der Waals surface area contributed by atoms with Crippen molar-refractivity contribution in [2.24, 2.45) is 0 Å². The lowest BCUT2D eigenvalue weighted by molar-refractivity contribution is 0.183. The summed E-state index contributed by atoms with van der Waals surface area (Å²) in [5.41, 5.74) is 0.788. The van der Waals surface area contributed by atoms with Crippen LogP contribution in [0.5, 0.6) is 0 Å². The van der Waals surface area contributed by atoms with Gasteiger partial charge >= 0.3 is 0 Å². The number of hydrogen-bond donors (Lipinski definition) is 3. The standard InChI is InChI=1S/C13H22N2O3S/c1-4-12(16)9-14-11-5-7-13(8-6-11)19(17,18)15-10(2)3/h5-8,10,12,14-16H,4,9H2,1-3H3. The fraction of sp³-hybridized carbons (Fsp3) is 0.538. The van der Waals surface area contributed by atoms with Gasteiger partial charge in [-0.15, -0.1) is 0 Å². The summed E-state index contributed by atoms with van der Waals surface area (Å²) in [6.45, 7) is 5.91. The van der Waals surface area contributed by atoms with E-state index in [-0.39, 0.29) is 10.9 Å². The predicted molar refractivity (Wildman–Crippen MR) is 76.7 cm³/mol. The van der Waals surface area contributed by atoms with Gasteiger partial charge < -0.3 is 10.4 Å². The number of anilines is 1. The van der Waals surface area contributed by atoms with Gasteiger partial charge in [-0.25, -0.2) is 13.1 Å². The normalized spacial score (nSPS) is 13.5. The Labute approximate surface area is 115 Å². The second-order valence-electron chi connectivity index (χ2n) is 4.74. The van der Waals surface area contributed by atoms with Crippen LogP contribution < -0.4 is 10.0 Å². The summed E-state index contributed by atoms with van der Waals surface area (Å²) >= 11 is 0. The number of nitrogens with one attached hydrogen (secondary N) is 2. The Bertz CT molecular complexity index is 483. The average molecular weight is 286 g/mol. The van der Waals surface area contributed by atoms with E-state index in [9.17, 15) is 13.5 Å². The number of aliphatic hydroxyl groups excluding tert-OH is 1. The summed E-state index contributed by atoms with van der Waals surface area (Å²) in [6, 6.07) is 6.34. The van der Waals surface area contributed by atoms with Crippen LogP contribution in [-0.2, 0) is 10.0 Å². The largest absolute Gasteiger partial charge is 0.391 e. The maximum Gasteiger partial charge on any atom is 0.240 e. The Morgan fingerprint density at radius 3 is 2.26 bits per heavy atom. The van der Waals surface area contributed by atoms with E-state index in [1.165, 1.54) is 0 Å². The summed E-state index contributed by atoms with van der Waals surface area (Å²) in [5, 5.41) is 12.5. The molecule has 1 aromatic carbocycles. The number of hydrogen-bond acceptors (Lipinski definition) is 4. The van der Waals surface area contributed by atoms with E-state index in [0.29, 0.717) is 13.0 Å². The van der Waals surface area contributed by atoms with Gasteiger partial charge in [-0.05, 0) is 44.5 Å². The molecule has 19 heavy (non-hydrogen) atoms. The molecule has 1 unspecified atom stereocenters. The summed E-state index contributed by atoms with van der Waals surface area (Å²) in [5.74, 6) is 0. The van der Waals surface area contributed by atoms with Gasteiger partial charge in [0, 0.05) is 18.3 Å². The Balaban J connectivity index is 2.71. The second-order valence-corrected chi connectivity index (χ2v) is 6.46. The lowest BCUT2D eigenvalue weighted by Gasteiger charge is -2.12. The molecule has 1 atom stereocenters. The fourth-order valence-corrected chi connectivity index (χ4v) is 2.76. The molecule has 5 nitrogen and oxygen atoms in total. The first-order valence-corrected chi connectivity index (χ1v) is 7.87. The third-order valence-corrected chi connectivity index (χ3v) is 4.24. The van der Waals surface area contributed by atoms with Crippen LogP contribution in [0.25, 0.3) is 0 Å². The Morgan fingerprint density at radius 2 is 1.79 bits per heavy atom. The molecular weight excluding hydrogens is 264 g/mol. The molecule has 0 amide bonds. The molecule has 0 heterocycles. The van der Waals surface area contributed by atoms with Crippen LogP contribution >= 0.6 is 0 Å². The predicted octanol–water partition coefficient (Wildman–Crippen LogP) is 1.56. The topological polar surface area (TPSA) is 78.4 Å². The van der Waals surface area contributed by atoms with Gasteiger partial charge in [0.25, 0.3) is 0 Å². The van der Waals surface area contributed by atoms with Crippen molar-refractivity contribution in [1.29, 1.82) is 0 Å². The minimum Gasteiger partial charge on any atom is -0.391 e. The molecule has 1 rings (SSSR count). The summed E-state index contributed by atoms with van der Waals surface area (Å²) in [6.07, 6.45) is 0.281. The highest BCUT2D eigenvalue weighted by Gasteiger charge is 2.14. The SMILES string of the molecule is CCC(O)CNc1ccc(S(=O)(=O)NC(C)C)cc1. The number of benzene rings is 1. The van der Waals surface area contributed by atoms with Crippen molar-refractivity contribution in [2.45, 2.75) is 44.2 Å². The van der Waals surface area contributed by atoms with Gasteiger partial charge in [-0.1, -0.05) is 6.92 Å². The molecule has 0 aliphatic rings. The highest BCUT2D eigenvalue weighted by Crippen LogP contribution is 2.14. The third kappa shape index (κ3) is 5.18. The van der Waals surface area contributed by atoms with Crippen LogP contribution in [0.2, 0.25) is 0 Å². The first-order valence-electron chi connectivity index (χ1n) is 6.39. The first-order chi connectivity index (χ1) is 8.85. The number of aliphatic hydroxyl groups is 1. The van der Waals surface area contributed by atoms with Crippen molar-refractivity contribution in [2.75, 3.05) is 11.9 Å². The van der Waals surface area contributed by atoms with Gasteiger partial charge in [-0.2, -0.15) is 0 Å². The van der Waals surface area contributed by atoms with Crippen LogP contribution in [0.1, 0.15) is 27.2 Å². The Hall–Kier alpha value is -1.11. The van der Waals surface area contributed by atoms with Crippen LogP contribution in [0, 0.1) is 0 Å². The molecular formula is C13H22N2O3S. The van der Waals surface area contributed by atoms with Crippen molar-refractivity contribution in [3.05, 3.63) is 24.3 Å². The third-order valence-electron chi connectivity index (χ3n) is 2.57. The Kier molecular flexibility index (Phi) is 5.78. The molecule has 0 aliphatic heterocycles. The minimum atomic E-state index is -3.44. The van der Waals surface area contributed by atoms with Crippen LogP contribution in [0.15, 0.2) is 29.2 Å². The number of sulfonamides is 1. The van der Waals surface area contributed by atoms with Crippen molar-refractivity contribution >= 4 is 15.7 Å². The smallest absolute Gasteiger partial charge is 0.240 e. The van der Waals surface area contributed by atoms with Gasteiger partial charge in [-0.3, -0.25) is 0 Å². The van der Waals surface area contributed by atoms with E-state index in [2.05, 4.69) is 10.0 Å². The zero-order valence-electron chi connectivity index (χ0n) is 11.6. The lowest BCUT2D eigenvalue weighted by atomic mass is 10.2. The molecule has 0 bridgehead atoms. The molecule has 0 aliphatic carbocycles. The zero-order valence-corrected chi connectivity index (χ0v) is 12.4. The monoisotopic (exact) mass is 286 g/mol. The summed E-state index contributed by atoms with van der Waals surface area (Å²) in [4.78, 5) is 0.239. The van der Waals surface area contributed by atoms with E-state index < -0.39 is 16.1 Å². The second kappa shape index (κ2) is 6.88. The van der Waals surface area contributed by atoms with Crippen molar-refractivity contribution in [1.82, 2.24) is 4.72 Å². The van der Waals surface area contributed by atoms with Crippen LogP contribution in [0.4, 0.5) is 5.69 Å². The molecule has 108 valence electrons. The van der Waals surface area contributed by atoms with E-state index in [1.54, 1.807) is 38.1 Å². The molecule has 0 fully saturated rings. The summed E-state index contributed by atoms with van der Waals surface area (Å²) < 4.78 is 26.3. The molecule has 0 saturated heterocycles. The van der Waals surface area contributed by atoms with Gasteiger partial charge in [0.05, 0.1) is 11.0 Å². The Morgan fingerprint density at radius 1 is 1.21 bits per heavy atom. The minimum absolute atomic E-state index is 0.137. The summed E-state index contributed by atoms with van der Waals surface area (Å²) in [7, 11) is -3.44. The lowest BCUT2D eigenvalue weighted by Crippen LogP contribution is -2.30. The van der Waals surface area contributed by atoms with Gasteiger partial charge in [0.2, 0.25) is 10.0 Å². The van der Waals surface area contributed by atoms with Crippen molar-refractivity contribution in [3.63, 3.8) is 0 Å². The van der Waals surface area contributed by atoms with Crippen molar-refractivity contribution < 1.29 is 13.5 Å². The number of rotatable bonds is 7. The van der Waals surface area contributed by atoms with Gasteiger partial charge in [0.15, 0.2) is 0 Å².